The molecule has 1 rings (SSSR count). The van der Waals surface area contributed by atoms with Gasteiger partial charge in [0.25, 0.3) is 0 Å². The standard InChI is InChI=1S/C13H24N2O4/c1-4-7-15(10(2)3)12(18)14-13(11(16)17)5-8-19-9-6-13/h10H,4-9H2,1-3H3,(H,14,18)(H,16,17). The van der Waals surface area contributed by atoms with E-state index in [4.69, 9.17) is 4.74 Å². The summed E-state index contributed by atoms with van der Waals surface area (Å²) < 4.78 is 5.18. The van der Waals surface area contributed by atoms with E-state index in [-0.39, 0.29) is 12.1 Å². The molecule has 0 unspecified atom stereocenters. The molecule has 19 heavy (non-hydrogen) atoms. The van der Waals surface area contributed by atoms with Crippen LogP contribution in [0.5, 0.6) is 0 Å². The van der Waals surface area contributed by atoms with Crippen LogP contribution in [0, 0.1) is 0 Å². The van der Waals surface area contributed by atoms with Crippen LogP contribution in [0.4, 0.5) is 4.79 Å². The second kappa shape index (κ2) is 6.75. The molecule has 1 saturated heterocycles. The number of carboxylic acids is 1. The molecular formula is C13H24N2O4. The van der Waals surface area contributed by atoms with E-state index in [9.17, 15) is 14.7 Å². The third-order valence-corrected chi connectivity index (χ3v) is 3.45. The number of ether oxygens (including phenoxy) is 1. The maximum Gasteiger partial charge on any atom is 0.329 e. The predicted molar refractivity (Wildman–Crippen MR) is 71.1 cm³/mol. The van der Waals surface area contributed by atoms with Gasteiger partial charge in [0.05, 0.1) is 0 Å². The van der Waals surface area contributed by atoms with Crippen molar-refractivity contribution in [3.8, 4) is 0 Å². The summed E-state index contributed by atoms with van der Waals surface area (Å²) in [6, 6.07) is -0.258. The van der Waals surface area contributed by atoms with Gasteiger partial charge in [-0.25, -0.2) is 9.59 Å². The molecule has 2 amide bonds. The molecule has 1 aliphatic rings. The molecule has 0 spiro atoms. The zero-order valence-corrected chi connectivity index (χ0v) is 11.9. The first-order valence-electron chi connectivity index (χ1n) is 6.83. The summed E-state index contributed by atoms with van der Waals surface area (Å²) in [5.41, 5.74) is -1.18. The summed E-state index contributed by atoms with van der Waals surface area (Å²) in [4.78, 5) is 25.4. The van der Waals surface area contributed by atoms with Crippen molar-refractivity contribution in [2.45, 2.75) is 51.6 Å². The van der Waals surface area contributed by atoms with Crippen molar-refractivity contribution in [1.29, 1.82) is 0 Å². The number of hydrogen-bond donors (Lipinski definition) is 2. The minimum absolute atomic E-state index is 0.0469. The number of rotatable bonds is 5. The predicted octanol–water partition coefficient (Wildman–Crippen LogP) is 1.45. The highest BCUT2D eigenvalue weighted by Crippen LogP contribution is 2.21. The number of carbonyl (C=O) groups excluding carboxylic acids is 1. The van der Waals surface area contributed by atoms with Crippen molar-refractivity contribution in [2.24, 2.45) is 0 Å². The molecule has 1 aliphatic heterocycles. The van der Waals surface area contributed by atoms with E-state index in [2.05, 4.69) is 5.32 Å². The Hall–Kier alpha value is -1.30. The number of amides is 2. The Morgan fingerprint density at radius 1 is 1.37 bits per heavy atom. The molecule has 0 atom stereocenters. The van der Waals surface area contributed by atoms with E-state index in [1.165, 1.54) is 0 Å². The summed E-state index contributed by atoms with van der Waals surface area (Å²) in [6.07, 6.45) is 1.47. The molecule has 0 aromatic heterocycles. The summed E-state index contributed by atoms with van der Waals surface area (Å²) in [5.74, 6) is -0.982. The lowest BCUT2D eigenvalue weighted by molar-refractivity contribution is -0.148. The quantitative estimate of drug-likeness (QED) is 0.794. The molecule has 0 radical (unpaired) electrons. The lowest BCUT2D eigenvalue weighted by Gasteiger charge is -2.37. The van der Waals surface area contributed by atoms with Gasteiger partial charge in [-0.2, -0.15) is 0 Å². The monoisotopic (exact) mass is 272 g/mol. The van der Waals surface area contributed by atoms with Gasteiger partial charge >= 0.3 is 12.0 Å². The number of urea groups is 1. The fraction of sp³-hybridized carbons (Fsp3) is 0.846. The van der Waals surface area contributed by atoms with Crippen molar-refractivity contribution in [3.63, 3.8) is 0 Å². The van der Waals surface area contributed by atoms with Gasteiger partial charge in [0.1, 0.15) is 5.54 Å². The number of nitrogens with zero attached hydrogens (tertiary/aromatic N) is 1. The van der Waals surface area contributed by atoms with Crippen molar-refractivity contribution >= 4 is 12.0 Å². The minimum atomic E-state index is -1.18. The maximum atomic E-state index is 12.3. The van der Waals surface area contributed by atoms with Gasteiger partial charge in [-0.3, -0.25) is 0 Å². The largest absolute Gasteiger partial charge is 0.480 e. The van der Waals surface area contributed by atoms with E-state index >= 15 is 0 Å². The lowest BCUT2D eigenvalue weighted by atomic mass is 9.90. The average Bonchev–Trinajstić information content (AvgIpc) is 2.36. The lowest BCUT2D eigenvalue weighted by Crippen LogP contribution is -2.61. The molecule has 0 aromatic carbocycles. The fourth-order valence-electron chi connectivity index (χ4n) is 2.22. The topological polar surface area (TPSA) is 78.9 Å². The van der Waals surface area contributed by atoms with E-state index in [0.717, 1.165) is 6.42 Å². The zero-order valence-electron chi connectivity index (χ0n) is 11.9. The first-order valence-corrected chi connectivity index (χ1v) is 6.83. The van der Waals surface area contributed by atoms with Gasteiger partial charge in [0.2, 0.25) is 0 Å². The molecule has 0 aliphatic carbocycles. The SMILES string of the molecule is CCCN(C(=O)NC1(C(=O)O)CCOCC1)C(C)C. The molecule has 0 saturated carbocycles. The third kappa shape index (κ3) is 3.83. The molecule has 2 N–H and O–H groups in total. The normalized spacial score (nSPS) is 18.1. The van der Waals surface area contributed by atoms with Crippen LogP contribution in [-0.4, -0.2) is 53.3 Å². The van der Waals surface area contributed by atoms with E-state index < -0.39 is 11.5 Å². The van der Waals surface area contributed by atoms with Crippen LogP contribution in [0.25, 0.3) is 0 Å². The number of carbonyl (C=O) groups is 2. The maximum absolute atomic E-state index is 12.3. The minimum Gasteiger partial charge on any atom is -0.480 e. The molecule has 6 heteroatoms. The van der Waals surface area contributed by atoms with E-state index in [1.54, 1.807) is 4.90 Å². The zero-order chi connectivity index (χ0) is 14.5. The second-order valence-corrected chi connectivity index (χ2v) is 5.22. The summed E-state index contributed by atoms with van der Waals surface area (Å²) in [7, 11) is 0. The summed E-state index contributed by atoms with van der Waals surface area (Å²) in [5, 5.41) is 12.1. The van der Waals surface area contributed by atoms with Crippen molar-refractivity contribution < 1.29 is 19.4 Å². The second-order valence-electron chi connectivity index (χ2n) is 5.22. The van der Waals surface area contributed by atoms with Crippen LogP contribution < -0.4 is 5.32 Å². The first-order chi connectivity index (χ1) is 8.93. The van der Waals surface area contributed by atoms with Gasteiger partial charge in [0.15, 0.2) is 0 Å². The average molecular weight is 272 g/mol. The molecule has 1 fully saturated rings. The molecule has 0 bridgehead atoms. The highest BCUT2D eigenvalue weighted by molar-refractivity contribution is 5.86. The van der Waals surface area contributed by atoms with Crippen LogP contribution >= 0.6 is 0 Å². The van der Waals surface area contributed by atoms with Crippen molar-refractivity contribution in [2.75, 3.05) is 19.8 Å². The van der Waals surface area contributed by atoms with E-state index in [1.807, 2.05) is 20.8 Å². The Bertz CT molecular complexity index is 325. The van der Waals surface area contributed by atoms with Crippen LogP contribution in [0.15, 0.2) is 0 Å². The molecular weight excluding hydrogens is 248 g/mol. The number of carboxylic acid groups (broad SMARTS) is 1. The van der Waals surface area contributed by atoms with Crippen molar-refractivity contribution in [3.05, 3.63) is 0 Å². The highest BCUT2D eigenvalue weighted by atomic mass is 16.5. The highest BCUT2D eigenvalue weighted by Gasteiger charge is 2.42. The van der Waals surface area contributed by atoms with Crippen LogP contribution in [0.1, 0.15) is 40.0 Å². The molecule has 6 nitrogen and oxygen atoms in total. The Kier molecular flexibility index (Phi) is 5.60. The Morgan fingerprint density at radius 2 is 1.95 bits per heavy atom. The molecule has 1 heterocycles. The molecule has 0 aromatic rings. The van der Waals surface area contributed by atoms with Crippen molar-refractivity contribution in [1.82, 2.24) is 10.2 Å². The van der Waals surface area contributed by atoms with Crippen LogP contribution in [-0.2, 0) is 9.53 Å². The van der Waals surface area contributed by atoms with Gasteiger partial charge in [0, 0.05) is 38.6 Å². The van der Waals surface area contributed by atoms with Crippen LogP contribution in [0.2, 0.25) is 0 Å². The number of hydrogen-bond acceptors (Lipinski definition) is 3. The summed E-state index contributed by atoms with van der Waals surface area (Å²) in [6.45, 7) is 7.18. The number of aliphatic carboxylic acids is 1. The summed E-state index contributed by atoms with van der Waals surface area (Å²) >= 11 is 0. The Balaban J connectivity index is 2.78. The van der Waals surface area contributed by atoms with Gasteiger partial charge in [-0.05, 0) is 20.3 Å². The third-order valence-electron chi connectivity index (χ3n) is 3.45. The van der Waals surface area contributed by atoms with Gasteiger partial charge < -0.3 is 20.1 Å². The first kappa shape index (κ1) is 15.8. The van der Waals surface area contributed by atoms with Crippen LogP contribution in [0.3, 0.4) is 0 Å². The number of nitrogens with one attached hydrogen (secondary N) is 1. The van der Waals surface area contributed by atoms with Gasteiger partial charge in [-0.15, -0.1) is 0 Å². The Labute approximate surface area is 114 Å². The van der Waals surface area contributed by atoms with Gasteiger partial charge in [-0.1, -0.05) is 6.92 Å². The molecule has 110 valence electrons. The fourth-order valence-corrected chi connectivity index (χ4v) is 2.22. The smallest absolute Gasteiger partial charge is 0.329 e. The Morgan fingerprint density at radius 3 is 2.37 bits per heavy atom. The van der Waals surface area contributed by atoms with E-state index in [0.29, 0.717) is 32.6 Å².